The number of ether oxygens (including phenoxy) is 1. The smallest absolute Gasteiger partial charge is 0.317 e. The van der Waals surface area contributed by atoms with Crippen LogP contribution in [0.25, 0.3) is 0 Å². The molecule has 4 aromatic rings. The predicted molar refractivity (Wildman–Crippen MR) is 139 cm³/mol. The van der Waals surface area contributed by atoms with Gasteiger partial charge in [-0.05, 0) is 43.7 Å². The molecule has 1 saturated heterocycles. The van der Waals surface area contributed by atoms with Crippen LogP contribution in [0.4, 0.5) is 14.5 Å². The van der Waals surface area contributed by atoms with Gasteiger partial charge in [-0.3, -0.25) is 9.59 Å². The Kier molecular flexibility index (Phi) is 5.86. The molecule has 0 spiro atoms. The lowest BCUT2D eigenvalue weighted by atomic mass is 9.69. The van der Waals surface area contributed by atoms with Gasteiger partial charge in [0, 0.05) is 22.5 Å². The highest BCUT2D eigenvalue weighted by molar-refractivity contribution is 6.04. The number of rotatable bonds is 5. The molecule has 2 aliphatic rings. The Labute approximate surface area is 223 Å². The largest absolute Gasteiger partial charge is 0.447 e. The van der Waals surface area contributed by atoms with Crippen LogP contribution < -0.4 is 9.64 Å². The molecule has 0 radical (unpaired) electrons. The van der Waals surface area contributed by atoms with Crippen molar-refractivity contribution in [2.45, 2.75) is 32.0 Å². The first-order valence-electron chi connectivity index (χ1n) is 12.5. The fourth-order valence-corrected chi connectivity index (χ4v) is 5.60. The highest BCUT2D eigenvalue weighted by atomic mass is 19.1. The van der Waals surface area contributed by atoms with Gasteiger partial charge < -0.3 is 14.5 Å². The quantitative estimate of drug-likeness (QED) is 0.359. The number of nitrogens with zero attached hydrogens (tertiary/aromatic N) is 4. The average Bonchev–Trinajstić information content (AvgIpc) is 3.01. The van der Waals surface area contributed by atoms with E-state index in [0.29, 0.717) is 22.6 Å². The van der Waals surface area contributed by atoms with Crippen molar-refractivity contribution in [2.24, 2.45) is 0 Å². The summed E-state index contributed by atoms with van der Waals surface area (Å²) in [6.45, 7) is 2.96. The molecule has 1 aromatic heterocycles. The summed E-state index contributed by atoms with van der Waals surface area (Å²) in [6.07, 6.45) is -1.08. The summed E-state index contributed by atoms with van der Waals surface area (Å²) >= 11 is 0. The summed E-state index contributed by atoms with van der Waals surface area (Å²) in [5.74, 6) is -2.40. The highest BCUT2D eigenvalue weighted by Crippen LogP contribution is 2.53. The molecule has 2 aliphatic heterocycles. The molecule has 39 heavy (non-hydrogen) atoms. The van der Waals surface area contributed by atoms with Crippen molar-refractivity contribution in [3.8, 4) is 6.01 Å². The van der Waals surface area contributed by atoms with Crippen LogP contribution in [0.3, 0.4) is 0 Å². The number of amides is 2. The van der Waals surface area contributed by atoms with Crippen molar-refractivity contribution in [1.82, 2.24) is 14.9 Å². The van der Waals surface area contributed by atoms with Gasteiger partial charge >= 0.3 is 6.01 Å². The Morgan fingerprint density at radius 2 is 1.54 bits per heavy atom. The Hall–Kier alpha value is -4.66. The molecular weight excluding hydrogens is 502 g/mol. The standard InChI is InChI=1S/C30H24F2N4O3/c1-18-15-19(2)34-29(33-18)39-27-28(38)36-17-26(37)35(16-21-23(31)12-8-13-24(21)32)25-14-7-6-11-22(25)30(27,36)20-9-4-3-5-10-20/h3-15,27H,16-17H2,1-2H3/t27-,30+/m1/s1. The van der Waals surface area contributed by atoms with E-state index >= 15 is 0 Å². The van der Waals surface area contributed by atoms with Gasteiger partial charge in [0.05, 0.1) is 12.2 Å². The van der Waals surface area contributed by atoms with Gasteiger partial charge in [0.25, 0.3) is 5.91 Å². The molecule has 0 aliphatic carbocycles. The van der Waals surface area contributed by atoms with E-state index in [1.54, 1.807) is 24.3 Å². The molecule has 196 valence electrons. The molecule has 0 saturated carbocycles. The topological polar surface area (TPSA) is 75.6 Å². The van der Waals surface area contributed by atoms with E-state index in [2.05, 4.69) is 9.97 Å². The summed E-state index contributed by atoms with van der Waals surface area (Å²) in [5.41, 5.74) is 1.66. The normalized spacial score (nSPS) is 20.2. The third kappa shape index (κ3) is 3.84. The number of benzene rings is 3. The molecular formula is C30H24F2N4O3. The molecule has 3 aromatic carbocycles. The summed E-state index contributed by atoms with van der Waals surface area (Å²) in [7, 11) is 0. The summed E-state index contributed by atoms with van der Waals surface area (Å²) in [4.78, 5) is 38.9. The van der Waals surface area contributed by atoms with Gasteiger partial charge in [-0.2, -0.15) is 0 Å². The van der Waals surface area contributed by atoms with E-state index < -0.39 is 35.1 Å². The number of halogens is 2. The van der Waals surface area contributed by atoms with Gasteiger partial charge in [0.2, 0.25) is 12.0 Å². The maximum Gasteiger partial charge on any atom is 0.317 e. The van der Waals surface area contributed by atoms with E-state index in [9.17, 15) is 18.4 Å². The van der Waals surface area contributed by atoms with Crippen molar-refractivity contribution in [3.05, 3.63) is 119 Å². The lowest BCUT2D eigenvalue weighted by Crippen LogP contribution is -2.74. The monoisotopic (exact) mass is 526 g/mol. The van der Waals surface area contributed by atoms with E-state index in [1.165, 1.54) is 15.9 Å². The van der Waals surface area contributed by atoms with Crippen LogP contribution in [0, 0.1) is 25.5 Å². The van der Waals surface area contributed by atoms with Crippen molar-refractivity contribution < 1.29 is 23.1 Å². The zero-order valence-electron chi connectivity index (χ0n) is 21.3. The Bertz CT molecular complexity index is 1570. The van der Waals surface area contributed by atoms with Gasteiger partial charge in [0.1, 0.15) is 23.7 Å². The molecule has 2 atom stereocenters. The molecule has 0 N–H and O–H groups in total. The van der Waals surface area contributed by atoms with Crippen molar-refractivity contribution in [3.63, 3.8) is 0 Å². The average molecular weight is 527 g/mol. The van der Waals surface area contributed by atoms with Crippen LogP contribution in [-0.4, -0.2) is 39.3 Å². The second-order valence-electron chi connectivity index (χ2n) is 9.69. The third-order valence-corrected chi connectivity index (χ3v) is 7.27. The van der Waals surface area contributed by atoms with Crippen LogP contribution in [0.5, 0.6) is 6.01 Å². The maximum absolute atomic E-state index is 14.7. The summed E-state index contributed by atoms with van der Waals surface area (Å²) in [5, 5.41) is 0. The van der Waals surface area contributed by atoms with Crippen LogP contribution >= 0.6 is 0 Å². The fourth-order valence-electron chi connectivity index (χ4n) is 5.60. The van der Waals surface area contributed by atoms with Crippen molar-refractivity contribution in [1.29, 1.82) is 0 Å². The molecule has 2 amide bonds. The van der Waals surface area contributed by atoms with Crippen LogP contribution in [0.2, 0.25) is 0 Å². The Morgan fingerprint density at radius 3 is 2.23 bits per heavy atom. The minimum Gasteiger partial charge on any atom is -0.447 e. The van der Waals surface area contributed by atoms with Gasteiger partial charge in [-0.15, -0.1) is 0 Å². The lowest BCUT2D eigenvalue weighted by molar-refractivity contribution is -0.178. The fraction of sp³-hybridized carbons (Fsp3) is 0.200. The van der Waals surface area contributed by atoms with Gasteiger partial charge in [-0.25, -0.2) is 18.7 Å². The number of carbonyl (C=O) groups excluding carboxylic acids is 2. The SMILES string of the molecule is Cc1cc(C)nc(O[C@@H]2C(=O)N3CC(=O)N(Cc4c(F)cccc4F)c4ccccc4[C@@]23c2ccccc2)n1. The predicted octanol–water partition coefficient (Wildman–Crippen LogP) is 4.45. The zero-order chi connectivity index (χ0) is 27.3. The number of fused-ring (bicyclic) bond motifs is 3. The first-order valence-corrected chi connectivity index (χ1v) is 12.5. The van der Waals surface area contributed by atoms with E-state index in [-0.39, 0.29) is 24.7 Å². The maximum atomic E-state index is 14.7. The number of hydrogen-bond donors (Lipinski definition) is 0. The molecule has 6 rings (SSSR count). The third-order valence-electron chi connectivity index (χ3n) is 7.27. The van der Waals surface area contributed by atoms with E-state index in [4.69, 9.17) is 4.74 Å². The minimum atomic E-state index is -1.21. The molecule has 0 bridgehead atoms. The molecule has 3 heterocycles. The number of aryl methyl sites for hydroxylation is 2. The van der Waals surface area contributed by atoms with E-state index in [0.717, 1.165) is 17.7 Å². The van der Waals surface area contributed by atoms with Gasteiger partial charge in [-0.1, -0.05) is 54.6 Å². The van der Waals surface area contributed by atoms with E-state index in [1.807, 2.05) is 50.2 Å². The lowest BCUT2D eigenvalue weighted by Gasteiger charge is -2.55. The Balaban J connectivity index is 1.54. The number of carbonyl (C=O) groups is 2. The molecule has 1 fully saturated rings. The van der Waals surface area contributed by atoms with Crippen LogP contribution in [0.1, 0.15) is 28.1 Å². The van der Waals surface area contributed by atoms with Crippen molar-refractivity contribution >= 4 is 17.5 Å². The van der Waals surface area contributed by atoms with Crippen molar-refractivity contribution in [2.75, 3.05) is 11.4 Å². The minimum absolute atomic E-state index is 0.0548. The van der Waals surface area contributed by atoms with Crippen LogP contribution in [0.15, 0.2) is 78.9 Å². The molecule has 9 heteroatoms. The number of anilines is 1. The second kappa shape index (κ2) is 9.27. The highest BCUT2D eigenvalue weighted by Gasteiger charge is 2.66. The zero-order valence-corrected chi connectivity index (χ0v) is 21.3. The van der Waals surface area contributed by atoms with Gasteiger partial charge in [0.15, 0.2) is 0 Å². The number of hydrogen-bond acceptors (Lipinski definition) is 5. The van der Waals surface area contributed by atoms with Crippen LogP contribution in [-0.2, 0) is 21.7 Å². The number of aromatic nitrogens is 2. The Morgan fingerprint density at radius 1 is 0.897 bits per heavy atom. The first-order chi connectivity index (χ1) is 18.8. The first kappa shape index (κ1) is 24.7. The summed E-state index contributed by atoms with van der Waals surface area (Å²) in [6, 6.07) is 21.8. The molecule has 0 unspecified atom stereocenters. The number of para-hydroxylation sites is 1. The number of β-lactam (4-membered cyclic amide) rings is 1. The summed E-state index contributed by atoms with van der Waals surface area (Å²) < 4.78 is 35.6. The second-order valence-corrected chi connectivity index (χ2v) is 9.69. The molecule has 7 nitrogen and oxygen atoms in total.